The van der Waals surface area contributed by atoms with Crippen molar-refractivity contribution < 1.29 is 19.1 Å². The normalized spacial score (nSPS) is 13.9. The zero-order valence-electron chi connectivity index (χ0n) is 25.0. The number of carbonyl (C=O) groups is 2. The summed E-state index contributed by atoms with van der Waals surface area (Å²) in [6.45, 7) is 5.27. The molecular weight excluding hydrogens is 498 g/mol. The highest BCUT2D eigenvalue weighted by Gasteiger charge is 2.36. The van der Waals surface area contributed by atoms with Crippen LogP contribution in [-0.2, 0) is 14.3 Å². The second kappa shape index (κ2) is 17.6. The van der Waals surface area contributed by atoms with Gasteiger partial charge in [0.05, 0.1) is 30.5 Å². The average molecular weight is 548 g/mol. The van der Waals surface area contributed by atoms with E-state index < -0.39 is 5.97 Å². The highest BCUT2D eigenvalue weighted by Crippen LogP contribution is 2.42. The first-order chi connectivity index (χ1) is 19.6. The third kappa shape index (κ3) is 8.97. The molecule has 0 aromatic heterocycles. The lowest BCUT2D eigenvalue weighted by molar-refractivity contribution is -0.113. The van der Waals surface area contributed by atoms with Crippen LogP contribution in [-0.4, -0.2) is 32.1 Å². The van der Waals surface area contributed by atoms with Crippen LogP contribution < -0.4 is 4.90 Å². The summed E-state index contributed by atoms with van der Waals surface area (Å²) in [6.07, 6.45) is 18.1. The minimum Gasteiger partial charge on any atom is -0.492 e. The number of carbonyl (C=O) groups excluding carboxylic acids is 2. The van der Waals surface area contributed by atoms with Gasteiger partial charge in [-0.15, -0.1) is 0 Å². The summed E-state index contributed by atoms with van der Waals surface area (Å²) in [7, 11) is 1.38. The van der Waals surface area contributed by atoms with E-state index in [1.807, 2.05) is 48.2 Å². The van der Waals surface area contributed by atoms with Gasteiger partial charge in [0, 0.05) is 17.7 Å². The third-order valence-electron chi connectivity index (χ3n) is 7.72. The summed E-state index contributed by atoms with van der Waals surface area (Å²) in [5.74, 6) is 0.111. The first-order valence-electron chi connectivity index (χ1n) is 15.6. The average Bonchev–Trinajstić information content (AvgIpc) is 3.26. The topological polar surface area (TPSA) is 55.8 Å². The minimum absolute atomic E-state index is 0.0704. The summed E-state index contributed by atoms with van der Waals surface area (Å²) in [4.78, 5) is 27.9. The Morgan fingerprint density at radius 3 is 1.85 bits per heavy atom. The van der Waals surface area contributed by atoms with Gasteiger partial charge in [-0.1, -0.05) is 127 Å². The molecule has 0 saturated heterocycles. The minimum atomic E-state index is -0.405. The summed E-state index contributed by atoms with van der Waals surface area (Å²) < 4.78 is 11.0. The van der Waals surface area contributed by atoms with Crippen LogP contribution in [0.25, 0.3) is 11.3 Å². The number of esters is 1. The maximum absolute atomic E-state index is 13.8. The van der Waals surface area contributed by atoms with E-state index in [0.29, 0.717) is 30.0 Å². The van der Waals surface area contributed by atoms with Gasteiger partial charge in [-0.05, 0) is 25.5 Å². The van der Waals surface area contributed by atoms with Gasteiger partial charge in [-0.2, -0.15) is 0 Å². The first kappa shape index (κ1) is 31.4. The molecule has 218 valence electrons. The molecule has 3 rings (SSSR count). The maximum atomic E-state index is 13.8. The van der Waals surface area contributed by atoms with E-state index >= 15 is 0 Å². The molecule has 0 fully saturated rings. The van der Waals surface area contributed by atoms with E-state index in [0.717, 1.165) is 29.7 Å². The van der Waals surface area contributed by atoms with Gasteiger partial charge in [0.25, 0.3) is 5.91 Å². The zero-order valence-corrected chi connectivity index (χ0v) is 25.0. The Morgan fingerprint density at radius 2 is 1.30 bits per heavy atom. The number of rotatable bonds is 19. The number of unbranched alkanes of at least 4 members (excludes halogenated alkanes) is 13. The number of hydrogen-bond acceptors (Lipinski definition) is 4. The lowest BCUT2D eigenvalue weighted by Crippen LogP contribution is -2.28. The van der Waals surface area contributed by atoms with E-state index in [-0.39, 0.29) is 5.91 Å². The van der Waals surface area contributed by atoms with E-state index in [1.54, 1.807) is 12.1 Å². The van der Waals surface area contributed by atoms with Crippen LogP contribution >= 0.6 is 0 Å². The molecule has 0 aliphatic carbocycles. The zero-order chi connectivity index (χ0) is 28.6. The van der Waals surface area contributed by atoms with Crippen LogP contribution in [0.3, 0.4) is 0 Å². The summed E-state index contributed by atoms with van der Waals surface area (Å²) in [5.41, 5.74) is 3.43. The second-order valence-corrected chi connectivity index (χ2v) is 10.8. The molecule has 1 aliphatic heterocycles. The molecule has 0 N–H and O–H groups in total. The Morgan fingerprint density at radius 1 is 0.725 bits per heavy atom. The molecule has 0 atom stereocenters. The number of nitrogens with zero attached hydrogens (tertiary/aromatic N) is 1. The monoisotopic (exact) mass is 547 g/mol. The predicted octanol–water partition coefficient (Wildman–Crippen LogP) is 9.21. The van der Waals surface area contributed by atoms with Crippen molar-refractivity contribution in [2.45, 2.75) is 104 Å². The molecule has 1 aliphatic rings. The Labute approximate surface area is 241 Å². The Hall–Kier alpha value is -3.08. The van der Waals surface area contributed by atoms with Crippen LogP contribution in [0.4, 0.5) is 5.69 Å². The largest absolute Gasteiger partial charge is 0.492 e. The number of ether oxygens (including phenoxy) is 2. The number of anilines is 1. The quantitative estimate of drug-likeness (QED) is 0.0761. The molecule has 5 nitrogen and oxygen atoms in total. The predicted molar refractivity (Wildman–Crippen MR) is 165 cm³/mol. The van der Waals surface area contributed by atoms with Crippen molar-refractivity contribution in [3.63, 3.8) is 0 Å². The number of fused-ring (bicyclic) bond motifs is 1. The van der Waals surface area contributed by atoms with Gasteiger partial charge >= 0.3 is 5.97 Å². The van der Waals surface area contributed by atoms with Crippen molar-refractivity contribution in [1.82, 2.24) is 0 Å². The molecular formula is C35H49NO4. The van der Waals surface area contributed by atoms with Crippen molar-refractivity contribution in [3.8, 4) is 0 Å². The van der Waals surface area contributed by atoms with Gasteiger partial charge in [0.2, 0.25) is 0 Å². The van der Waals surface area contributed by atoms with Crippen molar-refractivity contribution in [1.29, 1.82) is 0 Å². The van der Waals surface area contributed by atoms with Crippen LogP contribution in [0.15, 0.2) is 48.5 Å². The van der Waals surface area contributed by atoms with Gasteiger partial charge in [0.15, 0.2) is 0 Å². The van der Waals surface area contributed by atoms with Gasteiger partial charge in [0.1, 0.15) is 5.76 Å². The van der Waals surface area contributed by atoms with Crippen molar-refractivity contribution in [3.05, 3.63) is 65.2 Å². The van der Waals surface area contributed by atoms with Crippen LogP contribution in [0.1, 0.15) is 125 Å². The van der Waals surface area contributed by atoms with E-state index in [9.17, 15) is 9.59 Å². The fourth-order valence-corrected chi connectivity index (χ4v) is 5.51. The maximum Gasteiger partial charge on any atom is 0.337 e. The van der Waals surface area contributed by atoms with Crippen molar-refractivity contribution in [2.24, 2.45) is 0 Å². The van der Waals surface area contributed by atoms with E-state index in [1.165, 1.54) is 84.2 Å². The van der Waals surface area contributed by atoms with Gasteiger partial charge in [-0.3, -0.25) is 4.79 Å². The SMILES string of the molecule is CCCCCCCCCCCCCCCCN1C(=O)C(=C(OCC)c2ccccc2)c2ccc(C(=O)OC)cc21. The number of benzene rings is 2. The standard InChI is InChI=1S/C35H49NO4/c1-4-6-7-8-9-10-11-12-13-14-15-16-17-21-26-36-31-27-29(35(38)39-3)24-25-30(31)32(34(36)37)33(40-5-2)28-22-19-18-20-23-28/h18-20,22-25,27H,4-17,21,26H2,1-3H3. The molecule has 0 bridgehead atoms. The molecule has 1 heterocycles. The smallest absolute Gasteiger partial charge is 0.337 e. The van der Waals surface area contributed by atoms with E-state index in [4.69, 9.17) is 9.47 Å². The van der Waals surface area contributed by atoms with Gasteiger partial charge in [-0.25, -0.2) is 4.79 Å². The summed E-state index contributed by atoms with van der Waals surface area (Å²) >= 11 is 0. The Balaban J connectivity index is 1.57. The molecule has 1 amide bonds. The molecule has 0 spiro atoms. The number of amides is 1. The molecule has 0 radical (unpaired) electrons. The lowest BCUT2D eigenvalue weighted by atomic mass is 10.0. The molecule has 40 heavy (non-hydrogen) atoms. The van der Waals surface area contributed by atoms with Crippen molar-refractivity contribution >= 4 is 28.9 Å². The lowest BCUT2D eigenvalue weighted by Gasteiger charge is -2.18. The summed E-state index contributed by atoms with van der Waals surface area (Å²) in [6, 6.07) is 15.1. The molecule has 2 aromatic rings. The van der Waals surface area contributed by atoms with Gasteiger partial charge < -0.3 is 14.4 Å². The van der Waals surface area contributed by atoms with Crippen LogP contribution in [0, 0.1) is 0 Å². The highest BCUT2D eigenvalue weighted by molar-refractivity contribution is 6.37. The molecule has 0 saturated carbocycles. The number of methoxy groups -OCH3 is 1. The van der Waals surface area contributed by atoms with Crippen LogP contribution in [0.2, 0.25) is 0 Å². The molecule has 2 aromatic carbocycles. The molecule has 0 unspecified atom stereocenters. The second-order valence-electron chi connectivity index (χ2n) is 10.8. The summed E-state index contributed by atoms with van der Waals surface area (Å²) in [5, 5.41) is 0. The third-order valence-corrected chi connectivity index (χ3v) is 7.72. The van der Waals surface area contributed by atoms with Crippen LogP contribution in [0.5, 0.6) is 0 Å². The highest BCUT2D eigenvalue weighted by atomic mass is 16.5. The Kier molecular flexibility index (Phi) is 13.8. The van der Waals surface area contributed by atoms with E-state index in [2.05, 4.69) is 6.92 Å². The number of hydrogen-bond donors (Lipinski definition) is 0. The molecule has 5 heteroatoms. The first-order valence-corrected chi connectivity index (χ1v) is 15.6. The fourth-order valence-electron chi connectivity index (χ4n) is 5.51. The Bertz CT molecular complexity index is 1090. The fraction of sp³-hybridized carbons (Fsp3) is 0.543. The van der Waals surface area contributed by atoms with Crippen molar-refractivity contribution in [2.75, 3.05) is 25.2 Å².